The van der Waals surface area contributed by atoms with Crippen LogP contribution in [0.15, 0.2) is 18.2 Å². The average Bonchev–Trinajstić information content (AvgIpc) is 2.21. The van der Waals surface area contributed by atoms with Crippen molar-refractivity contribution in [2.45, 2.75) is 13.3 Å². The Morgan fingerprint density at radius 2 is 2.00 bits per heavy atom. The highest BCUT2D eigenvalue weighted by Gasteiger charge is 2.01. The highest BCUT2D eigenvalue weighted by Crippen LogP contribution is 2.20. The third-order valence-electron chi connectivity index (χ3n) is 1.98. The fourth-order valence-electron chi connectivity index (χ4n) is 1.17. The molecule has 17 heavy (non-hydrogen) atoms. The molecular weight excluding hydrogens is 264 g/mol. The number of aryl methyl sites for hydroxylation is 1. The Balaban J connectivity index is 2.29. The maximum Gasteiger partial charge on any atom is 0.264 e. The molecular formula is C11H15ClO4S. The molecule has 0 spiro atoms. The van der Waals surface area contributed by atoms with Crippen LogP contribution in [0.3, 0.4) is 0 Å². The molecule has 6 heteroatoms. The number of rotatable bonds is 6. The molecule has 0 atom stereocenters. The molecule has 0 aromatic heterocycles. The number of hydrogen-bond acceptors (Lipinski definition) is 4. The summed E-state index contributed by atoms with van der Waals surface area (Å²) in [5.74, 6) is 0.714. The van der Waals surface area contributed by atoms with E-state index in [9.17, 15) is 8.42 Å². The summed E-state index contributed by atoms with van der Waals surface area (Å²) in [7, 11) is -3.35. The van der Waals surface area contributed by atoms with E-state index in [-0.39, 0.29) is 6.61 Å². The van der Waals surface area contributed by atoms with Crippen LogP contribution in [0.1, 0.15) is 12.0 Å². The summed E-state index contributed by atoms with van der Waals surface area (Å²) in [6.45, 7) is 2.42. The van der Waals surface area contributed by atoms with E-state index in [4.69, 9.17) is 16.3 Å². The first-order valence-electron chi connectivity index (χ1n) is 5.12. The number of ether oxygens (including phenoxy) is 1. The van der Waals surface area contributed by atoms with Crippen molar-refractivity contribution < 1.29 is 17.3 Å². The van der Waals surface area contributed by atoms with Gasteiger partial charge in [0, 0.05) is 11.4 Å². The topological polar surface area (TPSA) is 52.6 Å². The van der Waals surface area contributed by atoms with Crippen molar-refractivity contribution in [2.75, 3.05) is 19.5 Å². The first-order chi connectivity index (χ1) is 7.88. The SMILES string of the molecule is Cc1cc(OCCCOS(C)(=O)=O)ccc1Cl. The Morgan fingerprint density at radius 1 is 1.29 bits per heavy atom. The van der Waals surface area contributed by atoms with Crippen molar-refractivity contribution in [2.24, 2.45) is 0 Å². The van der Waals surface area contributed by atoms with Gasteiger partial charge >= 0.3 is 0 Å². The lowest BCUT2D eigenvalue weighted by Crippen LogP contribution is -2.07. The molecule has 0 fully saturated rings. The molecule has 96 valence electrons. The predicted octanol–water partition coefficient (Wildman–Crippen LogP) is 2.39. The predicted molar refractivity (Wildman–Crippen MR) is 67.1 cm³/mol. The molecule has 1 aromatic carbocycles. The van der Waals surface area contributed by atoms with Crippen LogP contribution in [-0.2, 0) is 14.3 Å². The van der Waals surface area contributed by atoms with Crippen molar-refractivity contribution >= 4 is 21.7 Å². The zero-order chi connectivity index (χ0) is 12.9. The van der Waals surface area contributed by atoms with Crippen molar-refractivity contribution in [3.05, 3.63) is 28.8 Å². The van der Waals surface area contributed by atoms with E-state index in [1.165, 1.54) is 0 Å². The van der Waals surface area contributed by atoms with Gasteiger partial charge in [0.15, 0.2) is 0 Å². The summed E-state index contributed by atoms with van der Waals surface area (Å²) in [5.41, 5.74) is 0.941. The van der Waals surface area contributed by atoms with E-state index in [2.05, 4.69) is 4.18 Å². The van der Waals surface area contributed by atoms with Crippen LogP contribution in [0.2, 0.25) is 5.02 Å². The Hall–Kier alpha value is -0.780. The maximum absolute atomic E-state index is 10.7. The summed E-state index contributed by atoms with van der Waals surface area (Å²) < 4.78 is 31.3. The number of hydrogen-bond donors (Lipinski definition) is 0. The normalized spacial score (nSPS) is 11.5. The largest absolute Gasteiger partial charge is 0.493 e. The van der Waals surface area contributed by atoms with E-state index in [0.717, 1.165) is 11.8 Å². The van der Waals surface area contributed by atoms with Gasteiger partial charge in [-0.2, -0.15) is 8.42 Å². The quantitative estimate of drug-likeness (QED) is 0.592. The first-order valence-corrected chi connectivity index (χ1v) is 7.31. The van der Waals surface area contributed by atoms with Crippen LogP contribution in [0.25, 0.3) is 0 Å². The Morgan fingerprint density at radius 3 is 2.59 bits per heavy atom. The van der Waals surface area contributed by atoms with Gasteiger partial charge in [0.05, 0.1) is 19.5 Å². The minimum atomic E-state index is -3.35. The number of halogens is 1. The lowest BCUT2D eigenvalue weighted by molar-refractivity contribution is 0.252. The van der Waals surface area contributed by atoms with Crippen LogP contribution >= 0.6 is 11.6 Å². The molecule has 0 saturated carbocycles. The van der Waals surface area contributed by atoms with Gasteiger partial charge in [-0.15, -0.1) is 0 Å². The molecule has 0 aliphatic heterocycles. The molecule has 0 unspecified atom stereocenters. The molecule has 0 bridgehead atoms. The molecule has 0 radical (unpaired) electrons. The molecule has 0 amide bonds. The van der Waals surface area contributed by atoms with E-state index >= 15 is 0 Å². The summed E-state index contributed by atoms with van der Waals surface area (Å²) in [6.07, 6.45) is 1.53. The van der Waals surface area contributed by atoms with Gasteiger partial charge in [-0.05, 0) is 30.7 Å². The van der Waals surface area contributed by atoms with Gasteiger partial charge in [0.2, 0.25) is 0 Å². The lowest BCUT2D eigenvalue weighted by atomic mass is 10.2. The maximum atomic E-state index is 10.7. The fourth-order valence-corrected chi connectivity index (χ4v) is 1.70. The van der Waals surface area contributed by atoms with Crippen LogP contribution in [0.4, 0.5) is 0 Å². The minimum Gasteiger partial charge on any atom is -0.493 e. The van der Waals surface area contributed by atoms with E-state index < -0.39 is 10.1 Å². The Labute approximate surface area is 107 Å². The molecule has 1 aromatic rings. The fraction of sp³-hybridized carbons (Fsp3) is 0.455. The van der Waals surface area contributed by atoms with Gasteiger partial charge in [0.1, 0.15) is 5.75 Å². The summed E-state index contributed by atoms with van der Waals surface area (Å²) >= 11 is 5.87. The van der Waals surface area contributed by atoms with Gasteiger partial charge in [0.25, 0.3) is 10.1 Å². The van der Waals surface area contributed by atoms with Crippen LogP contribution in [-0.4, -0.2) is 27.9 Å². The second-order valence-corrected chi connectivity index (χ2v) is 5.69. The molecule has 0 saturated heterocycles. The minimum absolute atomic E-state index is 0.130. The van der Waals surface area contributed by atoms with Crippen molar-refractivity contribution in [3.63, 3.8) is 0 Å². The second-order valence-electron chi connectivity index (χ2n) is 3.64. The van der Waals surface area contributed by atoms with Crippen LogP contribution in [0.5, 0.6) is 5.75 Å². The Kier molecular flexibility index (Phi) is 5.24. The van der Waals surface area contributed by atoms with E-state index in [0.29, 0.717) is 23.8 Å². The standard InChI is InChI=1S/C11H15ClO4S/c1-9-8-10(4-5-11(9)12)15-6-3-7-16-17(2,13)14/h4-5,8H,3,6-7H2,1-2H3. The third-order valence-corrected chi connectivity index (χ3v) is 3.00. The highest BCUT2D eigenvalue weighted by molar-refractivity contribution is 7.85. The van der Waals surface area contributed by atoms with Crippen molar-refractivity contribution in [3.8, 4) is 5.75 Å². The third kappa shape index (κ3) is 5.91. The van der Waals surface area contributed by atoms with Gasteiger partial charge in [-0.3, -0.25) is 4.18 Å². The lowest BCUT2D eigenvalue weighted by Gasteiger charge is -2.07. The van der Waals surface area contributed by atoms with Crippen molar-refractivity contribution in [1.29, 1.82) is 0 Å². The summed E-state index contributed by atoms with van der Waals surface area (Å²) in [6, 6.07) is 5.37. The highest BCUT2D eigenvalue weighted by atomic mass is 35.5. The smallest absolute Gasteiger partial charge is 0.264 e. The molecule has 0 aliphatic carbocycles. The molecule has 1 rings (SSSR count). The van der Waals surface area contributed by atoms with Gasteiger partial charge in [-0.1, -0.05) is 11.6 Å². The van der Waals surface area contributed by atoms with Gasteiger partial charge in [-0.25, -0.2) is 0 Å². The number of benzene rings is 1. The first kappa shape index (κ1) is 14.3. The Bertz CT molecular complexity index is 470. The summed E-state index contributed by atoms with van der Waals surface area (Å²) in [5, 5.41) is 0.692. The molecule has 0 aliphatic rings. The van der Waals surface area contributed by atoms with Crippen LogP contribution in [0, 0.1) is 6.92 Å². The van der Waals surface area contributed by atoms with Crippen molar-refractivity contribution in [1.82, 2.24) is 0 Å². The molecule has 4 nitrogen and oxygen atoms in total. The zero-order valence-corrected chi connectivity index (χ0v) is 11.3. The van der Waals surface area contributed by atoms with Crippen LogP contribution < -0.4 is 4.74 Å². The monoisotopic (exact) mass is 278 g/mol. The molecule has 0 heterocycles. The average molecular weight is 279 g/mol. The van der Waals surface area contributed by atoms with Gasteiger partial charge < -0.3 is 4.74 Å². The van der Waals surface area contributed by atoms with E-state index in [1.54, 1.807) is 12.1 Å². The second kappa shape index (κ2) is 6.23. The van der Waals surface area contributed by atoms with E-state index in [1.807, 2.05) is 13.0 Å². The zero-order valence-electron chi connectivity index (χ0n) is 9.77. The summed E-state index contributed by atoms with van der Waals surface area (Å²) in [4.78, 5) is 0. The molecule has 0 N–H and O–H groups in total.